The third kappa shape index (κ3) is 5.59. The molecule has 41 heavy (non-hydrogen) atoms. The molecular formula is C31H25N3O7. The molecule has 4 aromatic rings. The van der Waals surface area contributed by atoms with Crippen LogP contribution in [-0.2, 0) is 4.74 Å². The monoisotopic (exact) mass is 551 g/mol. The van der Waals surface area contributed by atoms with Gasteiger partial charge in [-0.25, -0.2) is 0 Å². The highest BCUT2D eigenvalue weighted by Crippen LogP contribution is 2.31. The minimum atomic E-state index is -0.425. The van der Waals surface area contributed by atoms with Crippen molar-refractivity contribution in [2.75, 3.05) is 23.8 Å². The summed E-state index contributed by atoms with van der Waals surface area (Å²) in [5.41, 5.74) is 1.88. The lowest BCUT2D eigenvalue weighted by Crippen LogP contribution is -2.36. The topological polar surface area (TPSA) is 127 Å². The molecule has 0 bridgehead atoms. The van der Waals surface area contributed by atoms with Gasteiger partial charge < -0.3 is 24.5 Å². The molecule has 0 aliphatic carbocycles. The highest BCUT2D eigenvalue weighted by molar-refractivity contribution is 6.21. The second-order valence-electron chi connectivity index (χ2n) is 9.66. The highest BCUT2D eigenvalue weighted by atomic mass is 16.5. The third-order valence-corrected chi connectivity index (χ3v) is 6.81. The van der Waals surface area contributed by atoms with Crippen LogP contribution in [0, 0.1) is 0 Å². The van der Waals surface area contributed by atoms with E-state index in [9.17, 15) is 19.2 Å². The largest absolute Gasteiger partial charge is 0.459 e. The summed E-state index contributed by atoms with van der Waals surface area (Å²) in [6.07, 6.45) is 3.02. The van der Waals surface area contributed by atoms with Crippen molar-refractivity contribution in [2.45, 2.75) is 18.9 Å². The first-order valence-corrected chi connectivity index (χ1v) is 13.1. The van der Waals surface area contributed by atoms with E-state index in [0.717, 1.165) is 12.8 Å². The van der Waals surface area contributed by atoms with Crippen LogP contribution < -0.4 is 15.4 Å². The molecule has 1 unspecified atom stereocenters. The molecule has 4 amide bonds. The van der Waals surface area contributed by atoms with Crippen molar-refractivity contribution in [1.29, 1.82) is 0 Å². The smallest absolute Gasteiger partial charge is 0.291 e. The van der Waals surface area contributed by atoms with Crippen molar-refractivity contribution in [3.63, 3.8) is 0 Å². The van der Waals surface area contributed by atoms with E-state index >= 15 is 0 Å². The Morgan fingerprint density at radius 3 is 2.37 bits per heavy atom. The number of fused-ring (bicyclic) bond motifs is 1. The molecule has 1 saturated heterocycles. The van der Waals surface area contributed by atoms with E-state index < -0.39 is 5.91 Å². The number of carbonyl (C=O) groups is 4. The van der Waals surface area contributed by atoms with E-state index in [4.69, 9.17) is 13.9 Å². The average molecular weight is 552 g/mol. The van der Waals surface area contributed by atoms with Crippen LogP contribution in [0.1, 0.15) is 54.5 Å². The molecule has 0 spiro atoms. The second kappa shape index (κ2) is 11.1. The van der Waals surface area contributed by atoms with E-state index in [1.54, 1.807) is 78.9 Å². The maximum Gasteiger partial charge on any atom is 0.291 e. The van der Waals surface area contributed by atoms with Gasteiger partial charge in [0.2, 0.25) is 0 Å². The minimum Gasteiger partial charge on any atom is -0.459 e. The van der Waals surface area contributed by atoms with Gasteiger partial charge in [-0.05, 0) is 73.5 Å². The molecule has 6 rings (SSSR count). The number of ether oxygens (including phenoxy) is 2. The Kier molecular flexibility index (Phi) is 7.05. The number of nitrogens with one attached hydrogen (secondary N) is 2. The lowest BCUT2D eigenvalue weighted by molar-refractivity contribution is 0.0475. The van der Waals surface area contributed by atoms with E-state index in [0.29, 0.717) is 40.6 Å². The lowest BCUT2D eigenvalue weighted by Gasteiger charge is -2.17. The van der Waals surface area contributed by atoms with Gasteiger partial charge in [-0.15, -0.1) is 0 Å². The van der Waals surface area contributed by atoms with Crippen LogP contribution in [0.3, 0.4) is 0 Å². The molecule has 1 fully saturated rings. The van der Waals surface area contributed by atoms with Gasteiger partial charge in [0, 0.05) is 29.6 Å². The first-order chi connectivity index (χ1) is 19.9. The van der Waals surface area contributed by atoms with Crippen LogP contribution in [0.5, 0.6) is 11.5 Å². The highest BCUT2D eigenvalue weighted by Gasteiger charge is 2.37. The number of nitrogens with zero attached hydrogens (tertiary/aromatic N) is 1. The van der Waals surface area contributed by atoms with Crippen LogP contribution in [0.4, 0.5) is 11.4 Å². The number of furan rings is 1. The summed E-state index contributed by atoms with van der Waals surface area (Å²) in [5.74, 6) is -0.541. The Morgan fingerprint density at radius 1 is 0.829 bits per heavy atom. The zero-order valence-electron chi connectivity index (χ0n) is 21.8. The van der Waals surface area contributed by atoms with Gasteiger partial charge in [0.15, 0.2) is 5.76 Å². The Labute approximate surface area is 234 Å². The van der Waals surface area contributed by atoms with Crippen molar-refractivity contribution in [1.82, 2.24) is 4.90 Å². The predicted octanol–water partition coefficient (Wildman–Crippen LogP) is 5.35. The molecule has 2 N–H and O–H groups in total. The normalized spacial score (nSPS) is 16.0. The summed E-state index contributed by atoms with van der Waals surface area (Å²) in [6, 6.07) is 21.2. The minimum absolute atomic E-state index is 0.131. The number of amides is 4. The number of imide groups is 1. The number of carbonyl (C=O) groups excluding carboxylic acids is 4. The Hall–Kier alpha value is -5.22. The summed E-state index contributed by atoms with van der Waals surface area (Å²) in [5, 5.41) is 5.52. The fraction of sp³-hybridized carbons (Fsp3) is 0.161. The van der Waals surface area contributed by atoms with E-state index in [1.807, 2.05) is 0 Å². The molecule has 10 nitrogen and oxygen atoms in total. The fourth-order valence-electron chi connectivity index (χ4n) is 4.81. The first kappa shape index (κ1) is 26.0. The summed E-state index contributed by atoms with van der Waals surface area (Å²) < 4.78 is 16.7. The molecule has 3 heterocycles. The van der Waals surface area contributed by atoms with Gasteiger partial charge in [-0.2, -0.15) is 0 Å². The molecule has 1 atom stereocenters. The number of hydrogen-bond acceptors (Lipinski definition) is 7. The number of hydrogen-bond donors (Lipinski definition) is 2. The van der Waals surface area contributed by atoms with E-state index in [2.05, 4.69) is 10.6 Å². The van der Waals surface area contributed by atoms with Gasteiger partial charge in [0.05, 0.1) is 30.0 Å². The van der Waals surface area contributed by atoms with Gasteiger partial charge in [0.1, 0.15) is 11.5 Å². The second-order valence-corrected chi connectivity index (χ2v) is 9.66. The van der Waals surface area contributed by atoms with Crippen LogP contribution in [0.2, 0.25) is 0 Å². The SMILES string of the molecule is O=C(Nc1cccc(Oc2ccc3c(c2)C(=O)N(CC2CCCO2)C3=O)c1)c1cccc(NC(=O)c2ccco2)c1. The molecule has 1 aromatic heterocycles. The zero-order chi connectivity index (χ0) is 28.3. The molecule has 0 radical (unpaired) electrons. The standard InChI is InChI=1S/C31H25N3O7/c35-28(19-5-1-6-20(15-19)33-29(36)27-10-4-14-40-27)32-21-7-2-8-22(16-21)41-23-11-12-25-26(17-23)31(38)34(30(25)37)18-24-9-3-13-39-24/h1-2,4-8,10-12,14-17,24H,3,9,13,18H2,(H,32,35)(H,33,36). The Bertz CT molecular complexity index is 1640. The lowest BCUT2D eigenvalue weighted by atomic mass is 10.1. The van der Waals surface area contributed by atoms with Crippen molar-refractivity contribution in [3.8, 4) is 11.5 Å². The summed E-state index contributed by atoms with van der Waals surface area (Å²) in [7, 11) is 0. The quantitative estimate of drug-likeness (QED) is 0.283. The van der Waals surface area contributed by atoms with Crippen molar-refractivity contribution < 1.29 is 33.1 Å². The van der Waals surface area contributed by atoms with Crippen molar-refractivity contribution >= 4 is 35.0 Å². The van der Waals surface area contributed by atoms with Crippen LogP contribution in [-0.4, -0.2) is 47.8 Å². The Balaban J connectivity index is 1.11. The predicted molar refractivity (Wildman–Crippen MR) is 148 cm³/mol. The first-order valence-electron chi connectivity index (χ1n) is 13.1. The van der Waals surface area contributed by atoms with Gasteiger partial charge >= 0.3 is 0 Å². The molecule has 3 aromatic carbocycles. The van der Waals surface area contributed by atoms with Gasteiger partial charge in [0.25, 0.3) is 23.6 Å². The van der Waals surface area contributed by atoms with Crippen LogP contribution in [0.15, 0.2) is 89.5 Å². The molecule has 206 valence electrons. The van der Waals surface area contributed by atoms with Crippen LogP contribution in [0.25, 0.3) is 0 Å². The summed E-state index contributed by atoms with van der Waals surface area (Å²) in [4.78, 5) is 52.2. The fourth-order valence-corrected chi connectivity index (χ4v) is 4.81. The van der Waals surface area contributed by atoms with E-state index in [-0.39, 0.29) is 41.7 Å². The number of rotatable bonds is 8. The molecule has 10 heteroatoms. The number of anilines is 2. The molecule has 2 aliphatic rings. The van der Waals surface area contributed by atoms with Gasteiger partial charge in [-0.3, -0.25) is 24.1 Å². The Morgan fingerprint density at radius 2 is 1.59 bits per heavy atom. The maximum atomic E-state index is 13.0. The van der Waals surface area contributed by atoms with E-state index in [1.165, 1.54) is 11.2 Å². The number of benzene rings is 3. The van der Waals surface area contributed by atoms with Crippen molar-refractivity contribution in [2.24, 2.45) is 0 Å². The molecule has 2 aliphatic heterocycles. The summed E-state index contributed by atoms with van der Waals surface area (Å²) in [6.45, 7) is 0.881. The maximum absolute atomic E-state index is 13.0. The van der Waals surface area contributed by atoms with Gasteiger partial charge in [-0.1, -0.05) is 12.1 Å². The average Bonchev–Trinajstić information content (AvgIpc) is 3.74. The van der Waals surface area contributed by atoms with Crippen molar-refractivity contribution in [3.05, 3.63) is 108 Å². The molecular weight excluding hydrogens is 526 g/mol. The molecule has 0 saturated carbocycles. The third-order valence-electron chi connectivity index (χ3n) is 6.81. The summed E-state index contributed by atoms with van der Waals surface area (Å²) >= 11 is 0. The van der Waals surface area contributed by atoms with Crippen LogP contribution >= 0.6 is 0 Å². The zero-order valence-corrected chi connectivity index (χ0v) is 21.8.